The molecule has 0 unspecified atom stereocenters. The van der Waals surface area contributed by atoms with Crippen molar-refractivity contribution >= 4 is 26.5 Å². The van der Waals surface area contributed by atoms with Gasteiger partial charge in [-0.15, -0.1) is 11.3 Å². The van der Waals surface area contributed by atoms with Crippen LogP contribution in [-0.4, -0.2) is 13.4 Å². The highest BCUT2D eigenvalue weighted by molar-refractivity contribution is 7.93. The number of anilines is 1. The van der Waals surface area contributed by atoms with Crippen LogP contribution in [-0.2, 0) is 16.2 Å². The van der Waals surface area contributed by atoms with Crippen molar-refractivity contribution in [2.75, 3.05) is 4.72 Å². The second-order valence-corrected chi connectivity index (χ2v) is 7.57. The second kappa shape index (κ2) is 6.49. The minimum atomic E-state index is -4.41. The van der Waals surface area contributed by atoms with E-state index in [1.165, 1.54) is 24.3 Å². The molecule has 25 heavy (non-hydrogen) atoms. The van der Waals surface area contributed by atoms with Crippen LogP contribution in [0.2, 0.25) is 0 Å². The molecule has 9 heteroatoms. The third-order valence-electron chi connectivity index (χ3n) is 3.29. The summed E-state index contributed by atoms with van der Waals surface area (Å²) >= 11 is 1.05. The van der Waals surface area contributed by atoms with Crippen LogP contribution in [0.1, 0.15) is 5.56 Å². The predicted molar refractivity (Wildman–Crippen MR) is 89.8 cm³/mol. The van der Waals surface area contributed by atoms with Gasteiger partial charge >= 0.3 is 6.18 Å². The fourth-order valence-corrected chi connectivity index (χ4v) is 4.05. The Hall–Kier alpha value is -2.39. The van der Waals surface area contributed by atoms with E-state index in [2.05, 4.69) is 9.71 Å². The Morgan fingerprint density at radius 1 is 0.960 bits per heavy atom. The van der Waals surface area contributed by atoms with Gasteiger partial charge in [-0.2, -0.15) is 13.2 Å². The molecule has 4 nitrogen and oxygen atoms in total. The molecule has 0 fully saturated rings. The number of benzene rings is 2. The molecule has 0 aliphatic heterocycles. The highest BCUT2D eigenvalue weighted by atomic mass is 32.2. The number of nitrogens with one attached hydrogen (secondary N) is 1. The topological polar surface area (TPSA) is 59.1 Å². The number of aromatic nitrogens is 1. The lowest BCUT2D eigenvalue weighted by atomic mass is 10.1. The van der Waals surface area contributed by atoms with E-state index < -0.39 is 21.8 Å². The molecule has 0 atom stereocenters. The second-order valence-electron chi connectivity index (χ2n) is 5.03. The van der Waals surface area contributed by atoms with Gasteiger partial charge in [0, 0.05) is 10.9 Å². The van der Waals surface area contributed by atoms with E-state index in [9.17, 15) is 21.6 Å². The lowest BCUT2D eigenvalue weighted by Gasteiger charge is -2.06. The first kappa shape index (κ1) is 17.4. The number of thiazole rings is 1. The summed E-state index contributed by atoms with van der Waals surface area (Å²) in [5.41, 5.74) is 0.107. The van der Waals surface area contributed by atoms with Crippen molar-refractivity contribution < 1.29 is 21.6 Å². The zero-order valence-corrected chi connectivity index (χ0v) is 14.1. The Morgan fingerprint density at radius 2 is 1.60 bits per heavy atom. The fourth-order valence-electron chi connectivity index (χ4n) is 2.06. The first-order valence-corrected chi connectivity index (χ1v) is 9.33. The zero-order chi connectivity index (χ0) is 18.1. The van der Waals surface area contributed by atoms with E-state index in [1.54, 1.807) is 23.6 Å². The van der Waals surface area contributed by atoms with E-state index in [1.807, 2.05) is 0 Å². The molecule has 0 spiro atoms. The predicted octanol–water partition coefficient (Wildman–Crippen LogP) is 4.63. The summed E-state index contributed by atoms with van der Waals surface area (Å²) in [4.78, 5) is 4.23. The summed E-state index contributed by atoms with van der Waals surface area (Å²) in [5.74, 6) is 0. The van der Waals surface area contributed by atoms with Gasteiger partial charge in [0.25, 0.3) is 10.0 Å². The highest BCUT2D eigenvalue weighted by Gasteiger charge is 2.30. The minimum absolute atomic E-state index is 0.0984. The largest absolute Gasteiger partial charge is 0.416 e. The number of alkyl halides is 3. The van der Waals surface area contributed by atoms with Crippen molar-refractivity contribution in [2.24, 2.45) is 0 Å². The van der Waals surface area contributed by atoms with Crippen LogP contribution >= 0.6 is 11.3 Å². The molecule has 0 aliphatic carbocycles. The number of hydrogen-bond donors (Lipinski definition) is 1. The molecule has 1 heterocycles. The van der Waals surface area contributed by atoms with E-state index in [0.29, 0.717) is 11.3 Å². The van der Waals surface area contributed by atoms with Crippen molar-refractivity contribution in [3.05, 3.63) is 65.5 Å². The van der Waals surface area contributed by atoms with E-state index in [-0.39, 0.29) is 10.0 Å². The standard InChI is InChI=1S/C16H11F3N2O2S2/c17-16(18,19)12-8-6-11(7-9-12)14-10-24-15(20-14)21-25(22,23)13-4-2-1-3-5-13/h1-10H,(H,20,21). The SMILES string of the molecule is O=S(=O)(Nc1nc(-c2ccc(C(F)(F)F)cc2)cs1)c1ccccc1. The Kier molecular flexibility index (Phi) is 4.53. The maximum absolute atomic E-state index is 12.6. The van der Waals surface area contributed by atoms with Gasteiger partial charge in [-0.3, -0.25) is 4.72 Å². The van der Waals surface area contributed by atoms with Crippen LogP contribution in [0, 0.1) is 0 Å². The smallest absolute Gasteiger partial charge is 0.255 e. The first-order chi connectivity index (χ1) is 11.8. The molecule has 0 aliphatic rings. The number of rotatable bonds is 4. The molecule has 0 bridgehead atoms. The highest BCUT2D eigenvalue weighted by Crippen LogP contribution is 2.32. The van der Waals surface area contributed by atoms with Crippen LogP contribution in [0.25, 0.3) is 11.3 Å². The third-order valence-corrected chi connectivity index (χ3v) is 5.53. The molecular formula is C16H11F3N2O2S2. The van der Waals surface area contributed by atoms with Gasteiger partial charge in [0.2, 0.25) is 0 Å². The Bertz CT molecular complexity index is 967. The molecule has 0 saturated heterocycles. The summed E-state index contributed by atoms with van der Waals surface area (Å²) in [6, 6.07) is 12.3. The minimum Gasteiger partial charge on any atom is -0.255 e. The number of nitrogens with zero attached hydrogens (tertiary/aromatic N) is 1. The van der Waals surface area contributed by atoms with E-state index in [4.69, 9.17) is 0 Å². The molecule has 130 valence electrons. The number of sulfonamides is 1. The maximum atomic E-state index is 12.6. The third kappa shape index (κ3) is 3.99. The molecule has 0 radical (unpaired) electrons. The first-order valence-electron chi connectivity index (χ1n) is 6.97. The molecule has 1 aromatic heterocycles. The van der Waals surface area contributed by atoms with Crippen LogP contribution < -0.4 is 4.72 Å². The molecule has 3 aromatic rings. The molecule has 0 amide bonds. The van der Waals surface area contributed by atoms with Crippen LogP contribution in [0.3, 0.4) is 0 Å². The fraction of sp³-hybridized carbons (Fsp3) is 0.0625. The van der Waals surface area contributed by atoms with Gasteiger partial charge in [0.15, 0.2) is 5.13 Å². The lowest BCUT2D eigenvalue weighted by molar-refractivity contribution is -0.137. The van der Waals surface area contributed by atoms with Gasteiger partial charge in [-0.1, -0.05) is 30.3 Å². The molecule has 0 saturated carbocycles. The van der Waals surface area contributed by atoms with Gasteiger partial charge in [0.05, 0.1) is 16.2 Å². The van der Waals surface area contributed by atoms with E-state index in [0.717, 1.165) is 23.5 Å². The molecular weight excluding hydrogens is 373 g/mol. The van der Waals surface area contributed by atoms with Gasteiger partial charge in [0.1, 0.15) is 0 Å². The van der Waals surface area contributed by atoms with Crippen molar-refractivity contribution in [3.63, 3.8) is 0 Å². The quantitative estimate of drug-likeness (QED) is 0.714. The molecule has 1 N–H and O–H groups in total. The van der Waals surface area contributed by atoms with Crippen LogP contribution in [0.15, 0.2) is 64.9 Å². The summed E-state index contributed by atoms with van der Waals surface area (Å²) in [6.45, 7) is 0. The summed E-state index contributed by atoms with van der Waals surface area (Å²) < 4.78 is 64.6. The summed E-state index contributed by atoms with van der Waals surface area (Å²) in [7, 11) is -3.76. The van der Waals surface area contributed by atoms with Gasteiger partial charge in [-0.05, 0) is 24.3 Å². The van der Waals surface area contributed by atoms with Gasteiger partial charge in [-0.25, -0.2) is 13.4 Å². The Balaban J connectivity index is 1.81. The Labute approximate surface area is 146 Å². The van der Waals surface area contributed by atoms with Crippen molar-refractivity contribution in [1.82, 2.24) is 4.98 Å². The van der Waals surface area contributed by atoms with Crippen LogP contribution in [0.5, 0.6) is 0 Å². The van der Waals surface area contributed by atoms with Gasteiger partial charge < -0.3 is 0 Å². The average Bonchev–Trinajstić information content (AvgIpc) is 3.03. The summed E-state index contributed by atoms with van der Waals surface area (Å²) in [5, 5.41) is 1.71. The van der Waals surface area contributed by atoms with Crippen LogP contribution in [0.4, 0.5) is 18.3 Å². The normalized spacial score (nSPS) is 12.1. The van der Waals surface area contributed by atoms with Crippen molar-refractivity contribution in [2.45, 2.75) is 11.1 Å². The monoisotopic (exact) mass is 384 g/mol. The van der Waals surface area contributed by atoms with E-state index >= 15 is 0 Å². The number of halogens is 3. The molecule has 3 rings (SSSR count). The zero-order valence-electron chi connectivity index (χ0n) is 12.5. The van der Waals surface area contributed by atoms with Crippen molar-refractivity contribution in [1.29, 1.82) is 0 Å². The average molecular weight is 384 g/mol. The lowest BCUT2D eigenvalue weighted by Crippen LogP contribution is -2.12. The maximum Gasteiger partial charge on any atom is 0.416 e. The summed E-state index contributed by atoms with van der Waals surface area (Å²) in [6.07, 6.45) is -4.41. The Morgan fingerprint density at radius 3 is 2.20 bits per heavy atom. The van der Waals surface area contributed by atoms with Crippen molar-refractivity contribution in [3.8, 4) is 11.3 Å². The molecule has 2 aromatic carbocycles. The number of hydrogen-bond acceptors (Lipinski definition) is 4.